The van der Waals surface area contributed by atoms with Gasteiger partial charge in [-0.1, -0.05) is 29.3 Å². The summed E-state index contributed by atoms with van der Waals surface area (Å²) in [5.74, 6) is 0.119. The third-order valence-corrected chi connectivity index (χ3v) is 7.37. The quantitative estimate of drug-likeness (QED) is 0.798. The molecule has 25 heavy (non-hydrogen) atoms. The first-order valence-corrected chi connectivity index (χ1v) is 10.0. The molecule has 140 valence electrons. The van der Waals surface area contributed by atoms with Crippen molar-refractivity contribution in [3.8, 4) is 0 Å². The highest BCUT2D eigenvalue weighted by Crippen LogP contribution is 2.31. The smallest absolute Gasteiger partial charge is 0.244 e. The third kappa shape index (κ3) is 4.23. The summed E-state index contributed by atoms with van der Waals surface area (Å²) in [6.07, 6.45) is 0.843. The molecule has 2 aliphatic rings. The van der Waals surface area contributed by atoms with Gasteiger partial charge in [-0.25, -0.2) is 8.42 Å². The Balaban J connectivity index is 0.00000225. The van der Waals surface area contributed by atoms with Crippen LogP contribution in [0.15, 0.2) is 23.1 Å². The Hall–Kier alpha value is -0.570. The Kier molecular flexibility index (Phi) is 6.98. The number of rotatable bonds is 3. The monoisotopic (exact) mass is 427 g/mol. The van der Waals surface area contributed by atoms with Crippen LogP contribution in [0.3, 0.4) is 0 Å². The number of nitrogens with zero attached hydrogens (tertiary/aromatic N) is 2. The minimum absolute atomic E-state index is 0. The lowest BCUT2D eigenvalue weighted by molar-refractivity contribution is -0.136. The van der Waals surface area contributed by atoms with E-state index >= 15 is 0 Å². The molecule has 2 heterocycles. The minimum atomic E-state index is -3.72. The molecular formula is C15H20Cl3N3O3S. The van der Waals surface area contributed by atoms with Crippen LogP contribution in [0.25, 0.3) is 0 Å². The molecule has 0 aromatic heterocycles. The molecule has 2 fully saturated rings. The molecule has 2 aliphatic heterocycles. The largest absolute Gasteiger partial charge is 0.340 e. The van der Waals surface area contributed by atoms with Gasteiger partial charge < -0.3 is 10.2 Å². The van der Waals surface area contributed by atoms with Gasteiger partial charge in [-0.2, -0.15) is 4.31 Å². The Labute approximate surface area is 163 Å². The number of halogens is 3. The standard InChI is InChI=1S/C15H19Cl2N3O3S.ClH/c16-12-2-1-3-13(14(12)17)24(22,23)20-8-6-19(7-9-20)15(21)11-4-5-18-10-11;/h1-3,11,18H,4-10H2;1H. The number of benzene rings is 1. The predicted octanol–water partition coefficient (Wildman–Crippen LogP) is 1.86. The lowest BCUT2D eigenvalue weighted by Crippen LogP contribution is -2.52. The minimum Gasteiger partial charge on any atom is -0.340 e. The van der Waals surface area contributed by atoms with Crippen molar-refractivity contribution in [2.75, 3.05) is 39.3 Å². The number of amides is 1. The Morgan fingerprint density at radius 1 is 1.16 bits per heavy atom. The molecule has 0 aliphatic carbocycles. The van der Waals surface area contributed by atoms with E-state index in [2.05, 4.69) is 5.32 Å². The van der Waals surface area contributed by atoms with Gasteiger partial charge in [0.15, 0.2) is 0 Å². The van der Waals surface area contributed by atoms with Crippen LogP contribution < -0.4 is 5.32 Å². The van der Waals surface area contributed by atoms with E-state index in [1.54, 1.807) is 17.0 Å². The van der Waals surface area contributed by atoms with Crippen LogP contribution in [0.5, 0.6) is 0 Å². The molecule has 2 saturated heterocycles. The molecule has 1 unspecified atom stereocenters. The lowest BCUT2D eigenvalue weighted by Gasteiger charge is -2.35. The van der Waals surface area contributed by atoms with Gasteiger partial charge >= 0.3 is 0 Å². The molecule has 6 nitrogen and oxygen atoms in total. The number of nitrogens with one attached hydrogen (secondary N) is 1. The van der Waals surface area contributed by atoms with Crippen molar-refractivity contribution in [3.05, 3.63) is 28.2 Å². The second-order valence-electron chi connectivity index (χ2n) is 5.97. The van der Waals surface area contributed by atoms with Crippen molar-refractivity contribution in [2.45, 2.75) is 11.3 Å². The Bertz CT molecular complexity index is 731. The van der Waals surface area contributed by atoms with Gasteiger partial charge in [-0.3, -0.25) is 4.79 Å². The highest BCUT2D eigenvalue weighted by Gasteiger charge is 2.34. The summed E-state index contributed by atoms with van der Waals surface area (Å²) in [4.78, 5) is 14.2. The average Bonchev–Trinajstić information content (AvgIpc) is 3.11. The van der Waals surface area contributed by atoms with Crippen LogP contribution in [0.4, 0.5) is 0 Å². The molecule has 0 saturated carbocycles. The third-order valence-electron chi connectivity index (χ3n) is 4.49. The van der Waals surface area contributed by atoms with Crippen molar-refractivity contribution >= 4 is 51.5 Å². The van der Waals surface area contributed by atoms with Gasteiger partial charge in [0, 0.05) is 32.7 Å². The van der Waals surface area contributed by atoms with Crippen molar-refractivity contribution in [2.24, 2.45) is 5.92 Å². The van der Waals surface area contributed by atoms with Crippen molar-refractivity contribution in [3.63, 3.8) is 0 Å². The number of carbonyl (C=O) groups excluding carboxylic acids is 1. The average molecular weight is 429 g/mol. The maximum Gasteiger partial charge on any atom is 0.244 e. The number of carbonyl (C=O) groups is 1. The van der Waals surface area contributed by atoms with Crippen molar-refractivity contribution in [1.82, 2.24) is 14.5 Å². The van der Waals surface area contributed by atoms with Crippen LogP contribution in [0.2, 0.25) is 10.0 Å². The summed E-state index contributed by atoms with van der Waals surface area (Å²) >= 11 is 12.0. The van der Waals surface area contributed by atoms with Gasteiger partial charge in [0.25, 0.3) is 0 Å². The van der Waals surface area contributed by atoms with E-state index in [4.69, 9.17) is 23.2 Å². The van der Waals surface area contributed by atoms with Crippen molar-refractivity contribution < 1.29 is 13.2 Å². The second-order valence-corrected chi connectivity index (χ2v) is 8.66. The van der Waals surface area contributed by atoms with Gasteiger partial charge in [-0.05, 0) is 25.1 Å². The first-order chi connectivity index (χ1) is 11.4. The highest BCUT2D eigenvalue weighted by molar-refractivity contribution is 7.89. The molecule has 0 spiro atoms. The molecular weight excluding hydrogens is 409 g/mol. The van der Waals surface area contributed by atoms with E-state index in [-0.39, 0.29) is 52.3 Å². The summed E-state index contributed by atoms with van der Waals surface area (Å²) in [6, 6.07) is 4.56. The maximum absolute atomic E-state index is 12.8. The second kappa shape index (κ2) is 8.41. The molecule has 0 bridgehead atoms. The van der Waals surface area contributed by atoms with Gasteiger partial charge in [0.05, 0.1) is 16.0 Å². The summed E-state index contributed by atoms with van der Waals surface area (Å²) in [5, 5.41) is 3.42. The number of hydrogen-bond acceptors (Lipinski definition) is 4. The molecule has 3 rings (SSSR count). The van der Waals surface area contributed by atoms with E-state index in [9.17, 15) is 13.2 Å². The van der Waals surface area contributed by atoms with Gasteiger partial charge in [0.1, 0.15) is 4.90 Å². The van der Waals surface area contributed by atoms with E-state index in [0.29, 0.717) is 19.6 Å². The van der Waals surface area contributed by atoms with Crippen LogP contribution in [0.1, 0.15) is 6.42 Å². The maximum atomic E-state index is 12.8. The molecule has 1 aromatic rings. The zero-order chi connectivity index (χ0) is 17.3. The fraction of sp³-hybridized carbons (Fsp3) is 0.533. The summed E-state index contributed by atoms with van der Waals surface area (Å²) in [7, 11) is -3.72. The molecule has 1 aromatic carbocycles. The molecule has 1 atom stereocenters. The first kappa shape index (κ1) is 20.7. The Morgan fingerprint density at radius 3 is 2.44 bits per heavy atom. The van der Waals surface area contributed by atoms with Gasteiger partial charge in [-0.15, -0.1) is 12.4 Å². The van der Waals surface area contributed by atoms with E-state index in [0.717, 1.165) is 13.0 Å². The normalized spacial score (nSPS) is 21.8. The molecule has 10 heteroatoms. The SMILES string of the molecule is Cl.O=C(C1CCNC1)N1CCN(S(=O)(=O)c2cccc(Cl)c2Cl)CC1. The van der Waals surface area contributed by atoms with Crippen LogP contribution in [0, 0.1) is 5.92 Å². The fourth-order valence-corrected chi connectivity index (χ4v) is 5.25. The summed E-state index contributed by atoms with van der Waals surface area (Å²) in [6.45, 7) is 2.88. The van der Waals surface area contributed by atoms with E-state index in [1.165, 1.54) is 10.4 Å². The van der Waals surface area contributed by atoms with Crippen LogP contribution in [-0.2, 0) is 14.8 Å². The number of sulfonamides is 1. The van der Waals surface area contributed by atoms with Crippen LogP contribution >= 0.6 is 35.6 Å². The van der Waals surface area contributed by atoms with Crippen LogP contribution in [-0.4, -0.2) is 62.8 Å². The van der Waals surface area contributed by atoms with Gasteiger partial charge in [0.2, 0.25) is 15.9 Å². The molecule has 0 radical (unpaired) electrons. The number of piperazine rings is 1. The molecule has 1 amide bonds. The Morgan fingerprint density at radius 2 is 1.84 bits per heavy atom. The van der Waals surface area contributed by atoms with Crippen molar-refractivity contribution in [1.29, 1.82) is 0 Å². The summed E-state index contributed by atoms with van der Waals surface area (Å²) in [5.41, 5.74) is 0. The van der Waals surface area contributed by atoms with E-state index in [1.807, 2.05) is 0 Å². The fourth-order valence-electron chi connectivity index (χ4n) is 3.09. The summed E-state index contributed by atoms with van der Waals surface area (Å²) < 4.78 is 26.9. The topological polar surface area (TPSA) is 69.7 Å². The zero-order valence-corrected chi connectivity index (χ0v) is 16.6. The lowest BCUT2D eigenvalue weighted by atomic mass is 10.1. The molecule has 1 N–H and O–H groups in total. The number of hydrogen-bond donors (Lipinski definition) is 1. The van der Waals surface area contributed by atoms with E-state index < -0.39 is 10.0 Å². The first-order valence-electron chi connectivity index (χ1n) is 7.85. The highest BCUT2D eigenvalue weighted by atomic mass is 35.5. The predicted molar refractivity (Wildman–Crippen MR) is 100 cm³/mol. The zero-order valence-electron chi connectivity index (χ0n) is 13.5.